The summed E-state index contributed by atoms with van der Waals surface area (Å²) >= 11 is 0. The minimum absolute atomic E-state index is 0.104. The number of rotatable bonds is 7. The van der Waals surface area contributed by atoms with Gasteiger partial charge in [0, 0.05) is 0 Å². The highest BCUT2D eigenvalue weighted by atomic mass is 16.5. The van der Waals surface area contributed by atoms with Gasteiger partial charge >= 0.3 is 5.97 Å². The quantitative estimate of drug-likeness (QED) is 0.602. The first-order chi connectivity index (χ1) is 14.0. The topological polar surface area (TPSA) is 108 Å². The standard InChI is InChI=1S/C20H23N5O4/c1-4-13(2)17(20(28)29-3)23-16(26)11-24-12-21-18-15(19(24)27)10-22-25(18)14-8-6-5-7-9-14/h5-10,12-13,17H,4,11H2,1-3H3,(H,23,26)/t13-,17-/m1/s1. The van der Waals surface area contributed by atoms with E-state index in [0.29, 0.717) is 17.5 Å². The van der Waals surface area contributed by atoms with Gasteiger partial charge in [-0.15, -0.1) is 0 Å². The molecular formula is C20H23N5O4. The van der Waals surface area contributed by atoms with Crippen LogP contribution in [0.1, 0.15) is 20.3 Å². The molecule has 1 aromatic carbocycles. The summed E-state index contributed by atoms with van der Waals surface area (Å²) in [6, 6.07) is 8.55. The summed E-state index contributed by atoms with van der Waals surface area (Å²) in [5, 5.41) is 7.20. The first-order valence-corrected chi connectivity index (χ1v) is 9.32. The second kappa shape index (κ2) is 8.68. The molecule has 0 radical (unpaired) electrons. The summed E-state index contributed by atoms with van der Waals surface area (Å²) in [5.41, 5.74) is 0.801. The van der Waals surface area contributed by atoms with Crippen molar-refractivity contribution in [2.45, 2.75) is 32.9 Å². The first-order valence-electron chi connectivity index (χ1n) is 9.32. The fourth-order valence-corrected chi connectivity index (χ4v) is 2.99. The van der Waals surface area contributed by atoms with Gasteiger partial charge in [0.15, 0.2) is 5.65 Å². The zero-order valence-corrected chi connectivity index (χ0v) is 16.5. The van der Waals surface area contributed by atoms with Crippen molar-refractivity contribution in [1.29, 1.82) is 0 Å². The number of carbonyl (C=O) groups excluding carboxylic acids is 2. The molecule has 0 aliphatic rings. The van der Waals surface area contributed by atoms with Gasteiger partial charge in [-0.05, 0) is 18.1 Å². The third kappa shape index (κ3) is 4.18. The molecular weight excluding hydrogens is 374 g/mol. The Bertz CT molecular complexity index is 1070. The Kier molecular flexibility index (Phi) is 6.06. The molecule has 2 atom stereocenters. The molecule has 0 fully saturated rings. The van der Waals surface area contributed by atoms with Crippen LogP contribution in [0.25, 0.3) is 16.7 Å². The fourth-order valence-electron chi connectivity index (χ4n) is 2.99. The Balaban J connectivity index is 1.84. The van der Waals surface area contributed by atoms with Crippen molar-refractivity contribution in [2.24, 2.45) is 5.92 Å². The van der Waals surface area contributed by atoms with Gasteiger partial charge in [-0.25, -0.2) is 14.5 Å². The molecule has 9 heteroatoms. The SMILES string of the molecule is CC[C@@H](C)[C@@H](NC(=O)Cn1cnc2c(cnn2-c2ccccc2)c1=O)C(=O)OC. The van der Waals surface area contributed by atoms with Gasteiger partial charge < -0.3 is 10.1 Å². The van der Waals surface area contributed by atoms with E-state index in [9.17, 15) is 14.4 Å². The van der Waals surface area contributed by atoms with Crippen LogP contribution in [0.15, 0.2) is 47.7 Å². The number of amides is 1. The normalized spacial score (nSPS) is 13.1. The zero-order valence-electron chi connectivity index (χ0n) is 16.5. The lowest BCUT2D eigenvalue weighted by Crippen LogP contribution is -2.47. The molecule has 0 aliphatic carbocycles. The van der Waals surface area contributed by atoms with E-state index in [0.717, 1.165) is 5.69 Å². The van der Waals surface area contributed by atoms with Crippen LogP contribution in [0.4, 0.5) is 0 Å². The second-order valence-corrected chi connectivity index (χ2v) is 6.76. The third-order valence-electron chi connectivity index (χ3n) is 4.85. The third-order valence-corrected chi connectivity index (χ3v) is 4.85. The van der Waals surface area contributed by atoms with Crippen LogP contribution in [0.5, 0.6) is 0 Å². The van der Waals surface area contributed by atoms with E-state index in [1.165, 1.54) is 24.2 Å². The second-order valence-electron chi connectivity index (χ2n) is 6.76. The smallest absolute Gasteiger partial charge is 0.328 e. The molecule has 152 valence electrons. The molecule has 1 N–H and O–H groups in total. The average molecular weight is 397 g/mol. The van der Waals surface area contributed by atoms with Gasteiger partial charge in [-0.2, -0.15) is 5.10 Å². The molecule has 2 aromatic heterocycles. The number of nitrogens with zero attached hydrogens (tertiary/aromatic N) is 4. The van der Waals surface area contributed by atoms with E-state index in [4.69, 9.17) is 4.74 Å². The van der Waals surface area contributed by atoms with Crippen LogP contribution in [0, 0.1) is 5.92 Å². The number of hydrogen-bond acceptors (Lipinski definition) is 6. The first kappa shape index (κ1) is 20.2. The molecule has 0 bridgehead atoms. The molecule has 3 rings (SSSR count). The van der Waals surface area contributed by atoms with Gasteiger partial charge in [-0.3, -0.25) is 14.2 Å². The zero-order chi connectivity index (χ0) is 21.0. The number of carbonyl (C=O) groups is 2. The number of esters is 1. The molecule has 2 heterocycles. The number of para-hydroxylation sites is 1. The average Bonchev–Trinajstić information content (AvgIpc) is 3.18. The van der Waals surface area contributed by atoms with E-state index in [1.807, 2.05) is 44.2 Å². The lowest BCUT2D eigenvalue weighted by Gasteiger charge is -2.21. The van der Waals surface area contributed by atoms with Crippen molar-refractivity contribution in [3.63, 3.8) is 0 Å². The van der Waals surface area contributed by atoms with Crippen LogP contribution in [-0.4, -0.2) is 44.4 Å². The van der Waals surface area contributed by atoms with E-state index >= 15 is 0 Å². The number of ether oxygens (including phenoxy) is 1. The van der Waals surface area contributed by atoms with E-state index in [2.05, 4.69) is 15.4 Å². The van der Waals surface area contributed by atoms with Crippen LogP contribution < -0.4 is 10.9 Å². The molecule has 9 nitrogen and oxygen atoms in total. The summed E-state index contributed by atoms with van der Waals surface area (Å²) in [4.78, 5) is 41.5. The number of aromatic nitrogens is 4. The summed E-state index contributed by atoms with van der Waals surface area (Å²) in [6.45, 7) is 3.50. The van der Waals surface area contributed by atoms with Crippen molar-refractivity contribution >= 4 is 22.9 Å². The molecule has 0 spiro atoms. The highest BCUT2D eigenvalue weighted by molar-refractivity contribution is 5.84. The van der Waals surface area contributed by atoms with E-state index in [1.54, 1.807) is 4.68 Å². The lowest BCUT2D eigenvalue weighted by atomic mass is 9.99. The lowest BCUT2D eigenvalue weighted by molar-refractivity contribution is -0.146. The van der Waals surface area contributed by atoms with Crippen molar-refractivity contribution in [1.82, 2.24) is 24.6 Å². The van der Waals surface area contributed by atoms with Gasteiger partial charge in [0.25, 0.3) is 5.56 Å². The monoisotopic (exact) mass is 397 g/mol. The van der Waals surface area contributed by atoms with Crippen LogP contribution in [0.2, 0.25) is 0 Å². The van der Waals surface area contributed by atoms with Crippen molar-refractivity contribution in [3.8, 4) is 5.69 Å². The van der Waals surface area contributed by atoms with Crippen molar-refractivity contribution in [2.75, 3.05) is 7.11 Å². The highest BCUT2D eigenvalue weighted by Crippen LogP contribution is 2.13. The molecule has 0 unspecified atom stereocenters. The fraction of sp³-hybridized carbons (Fsp3) is 0.350. The summed E-state index contributed by atoms with van der Waals surface area (Å²) in [5.74, 6) is -1.09. The number of methoxy groups -OCH3 is 1. The molecule has 0 saturated carbocycles. The minimum Gasteiger partial charge on any atom is -0.467 e. The largest absolute Gasteiger partial charge is 0.467 e. The predicted octanol–water partition coefficient (Wildman–Crippen LogP) is 1.29. The number of benzene rings is 1. The van der Waals surface area contributed by atoms with Gasteiger partial charge in [-0.1, -0.05) is 38.5 Å². The predicted molar refractivity (Wildman–Crippen MR) is 107 cm³/mol. The maximum absolute atomic E-state index is 12.8. The Morgan fingerprint density at radius 2 is 1.97 bits per heavy atom. The van der Waals surface area contributed by atoms with Gasteiger partial charge in [0.1, 0.15) is 24.3 Å². The van der Waals surface area contributed by atoms with Crippen LogP contribution in [-0.2, 0) is 20.9 Å². The highest BCUT2D eigenvalue weighted by Gasteiger charge is 2.26. The Morgan fingerprint density at radius 3 is 2.62 bits per heavy atom. The Labute approximate surface area is 167 Å². The van der Waals surface area contributed by atoms with Crippen LogP contribution in [0.3, 0.4) is 0 Å². The molecule has 29 heavy (non-hydrogen) atoms. The van der Waals surface area contributed by atoms with E-state index in [-0.39, 0.29) is 18.0 Å². The Hall–Kier alpha value is -3.49. The summed E-state index contributed by atoms with van der Waals surface area (Å²) in [7, 11) is 1.27. The molecule has 3 aromatic rings. The van der Waals surface area contributed by atoms with E-state index < -0.39 is 17.9 Å². The molecule has 1 amide bonds. The van der Waals surface area contributed by atoms with Crippen molar-refractivity contribution < 1.29 is 14.3 Å². The van der Waals surface area contributed by atoms with Gasteiger partial charge in [0.05, 0.1) is 19.0 Å². The number of fused-ring (bicyclic) bond motifs is 1. The number of hydrogen-bond donors (Lipinski definition) is 1. The summed E-state index contributed by atoms with van der Waals surface area (Å²) in [6.07, 6.45) is 3.43. The number of nitrogens with one attached hydrogen (secondary N) is 1. The molecule has 0 aliphatic heterocycles. The Morgan fingerprint density at radius 1 is 1.24 bits per heavy atom. The van der Waals surface area contributed by atoms with Gasteiger partial charge in [0.2, 0.25) is 5.91 Å². The maximum atomic E-state index is 12.8. The maximum Gasteiger partial charge on any atom is 0.328 e. The minimum atomic E-state index is -0.772. The summed E-state index contributed by atoms with van der Waals surface area (Å²) < 4.78 is 7.53. The van der Waals surface area contributed by atoms with Crippen molar-refractivity contribution in [3.05, 3.63) is 53.2 Å². The molecule has 0 saturated heterocycles. The van der Waals surface area contributed by atoms with Crippen LogP contribution >= 0.6 is 0 Å².